The van der Waals surface area contributed by atoms with Crippen molar-refractivity contribution >= 4 is 5.91 Å². The first-order valence-electron chi connectivity index (χ1n) is 4.77. The molecule has 0 aliphatic rings. The number of carbonyl (C=O) groups excluding carboxylic acids is 1. The van der Waals surface area contributed by atoms with Crippen molar-refractivity contribution < 1.29 is 18.0 Å². The van der Waals surface area contributed by atoms with E-state index in [9.17, 15) is 18.0 Å². The van der Waals surface area contributed by atoms with Crippen LogP contribution in [-0.4, -0.2) is 18.1 Å². The van der Waals surface area contributed by atoms with Crippen molar-refractivity contribution in [2.45, 2.75) is 25.6 Å². The summed E-state index contributed by atoms with van der Waals surface area (Å²) in [5.74, 6) is -0.682. The summed E-state index contributed by atoms with van der Waals surface area (Å²) in [4.78, 5) is 10.7. The van der Waals surface area contributed by atoms with Gasteiger partial charge in [-0.15, -0.1) is 0 Å². The number of halogens is 3. The molecule has 0 aromatic heterocycles. The standard InChI is InChI=1S/C11H12F3NO/c1-8(16)15-10(11(12,13)14)7-9-5-3-2-4-6-9/h2-6,10H,7H2,1H3,(H,15,16)/t10-/m1/s1. The van der Waals surface area contributed by atoms with Crippen LogP contribution in [-0.2, 0) is 11.2 Å². The maximum Gasteiger partial charge on any atom is 0.408 e. The summed E-state index contributed by atoms with van der Waals surface area (Å²) in [6.07, 6.45) is -4.68. The molecule has 0 fully saturated rings. The first-order valence-corrected chi connectivity index (χ1v) is 4.77. The third-order valence-corrected chi connectivity index (χ3v) is 2.06. The largest absolute Gasteiger partial charge is 0.408 e. The van der Waals surface area contributed by atoms with Crippen LogP contribution in [0.3, 0.4) is 0 Å². The minimum Gasteiger partial charge on any atom is -0.344 e. The van der Waals surface area contributed by atoms with Gasteiger partial charge in [0.25, 0.3) is 0 Å². The Labute approximate surface area is 91.5 Å². The molecule has 1 atom stereocenters. The Morgan fingerprint density at radius 2 is 1.88 bits per heavy atom. The van der Waals surface area contributed by atoms with E-state index in [4.69, 9.17) is 0 Å². The number of hydrogen-bond donors (Lipinski definition) is 1. The zero-order valence-corrected chi connectivity index (χ0v) is 8.71. The maximum absolute atomic E-state index is 12.6. The third kappa shape index (κ3) is 3.92. The van der Waals surface area contributed by atoms with Gasteiger partial charge >= 0.3 is 6.18 Å². The molecule has 0 spiro atoms. The lowest BCUT2D eigenvalue weighted by Gasteiger charge is -2.20. The molecule has 0 saturated carbocycles. The van der Waals surface area contributed by atoms with E-state index in [0.717, 1.165) is 6.92 Å². The summed E-state index contributed by atoms with van der Waals surface area (Å²) < 4.78 is 37.7. The smallest absolute Gasteiger partial charge is 0.344 e. The van der Waals surface area contributed by atoms with Crippen molar-refractivity contribution in [2.24, 2.45) is 0 Å². The van der Waals surface area contributed by atoms with Gasteiger partial charge in [-0.2, -0.15) is 13.2 Å². The minimum atomic E-state index is -4.43. The molecule has 1 rings (SSSR count). The van der Waals surface area contributed by atoms with Crippen molar-refractivity contribution in [1.82, 2.24) is 5.32 Å². The number of hydrogen-bond acceptors (Lipinski definition) is 1. The van der Waals surface area contributed by atoms with E-state index in [1.54, 1.807) is 30.3 Å². The van der Waals surface area contributed by atoms with Crippen LogP contribution in [0, 0.1) is 0 Å². The monoisotopic (exact) mass is 231 g/mol. The van der Waals surface area contributed by atoms with Crippen molar-refractivity contribution in [1.29, 1.82) is 0 Å². The summed E-state index contributed by atoms with van der Waals surface area (Å²) in [7, 11) is 0. The van der Waals surface area contributed by atoms with E-state index in [1.807, 2.05) is 5.32 Å². The van der Waals surface area contributed by atoms with Gasteiger partial charge in [0.15, 0.2) is 0 Å². The fraction of sp³-hybridized carbons (Fsp3) is 0.364. The highest BCUT2D eigenvalue weighted by molar-refractivity contribution is 5.73. The number of alkyl halides is 3. The first kappa shape index (κ1) is 12.5. The summed E-state index contributed by atoms with van der Waals surface area (Å²) in [5.41, 5.74) is 0.540. The lowest BCUT2D eigenvalue weighted by molar-refractivity contribution is -0.160. The van der Waals surface area contributed by atoms with Crippen LogP contribution in [0.4, 0.5) is 13.2 Å². The van der Waals surface area contributed by atoms with E-state index in [-0.39, 0.29) is 6.42 Å². The highest BCUT2D eigenvalue weighted by Crippen LogP contribution is 2.23. The van der Waals surface area contributed by atoms with Crippen molar-refractivity contribution in [3.63, 3.8) is 0 Å². The van der Waals surface area contributed by atoms with Crippen LogP contribution in [0.1, 0.15) is 12.5 Å². The third-order valence-electron chi connectivity index (χ3n) is 2.06. The average Bonchev–Trinajstić information content (AvgIpc) is 2.16. The van der Waals surface area contributed by atoms with Crippen LogP contribution in [0.25, 0.3) is 0 Å². The quantitative estimate of drug-likeness (QED) is 0.849. The molecule has 0 aliphatic carbocycles. The topological polar surface area (TPSA) is 29.1 Å². The molecule has 88 valence electrons. The van der Waals surface area contributed by atoms with Gasteiger partial charge in [0.05, 0.1) is 0 Å². The lowest BCUT2D eigenvalue weighted by Crippen LogP contribution is -2.45. The average molecular weight is 231 g/mol. The summed E-state index contributed by atoms with van der Waals surface area (Å²) in [6.45, 7) is 1.07. The van der Waals surface area contributed by atoms with E-state index in [0.29, 0.717) is 5.56 Å². The van der Waals surface area contributed by atoms with Gasteiger partial charge in [-0.3, -0.25) is 4.79 Å². The molecule has 0 aliphatic heterocycles. The zero-order chi connectivity index (χ0) is 12.2. The van der Waals surface area contributed by atoms with E-state index < -0.39 is 18.1 Å². The molecule has 0 bridgehead atoms. The van der Waals surface area contributed by atoms with Crippen LogP contribution in [0.2, 0.25) is 0 Å². The van der Waals surface area contributed by atoms with Crippen LogP contribution in [0.5, 0.6) is 0 Å². The summed E-state index contributed by atoms with van der Waals surface area (Å²) >= 11 is 0. The van der Waals surface area contributed by atoms with E-state index >= 15 is 0 Å². The fourth-order valence-corrected chi connectivity index (χ4v) is 1.34. The van der Waals surface area contributed by atoms with Gasteiger partial charge in [0.2, 0.25) is 5.91 Å². The Balaban J connectivity index is 2.75. The second-order valence-corrected chi connectivity index (χ2v) is 3.48. The predicted octanol–water partition coefficient (Wildman–Crippen LogP) is 2.30. The van der Waals surface area contributed by atoms with Crippen molar-refractivity contribution in [3.05, 3.63) is 35.9 Å². The molecule has 0 saturated heterocycles. The minimum absolute atomic E-state index is 0.246. The maximum atomic E-state index is 12.6. The summed E-state index contributed by atoms with van der Waals surface area (Å²) in [5, 5.41) is 1.90. The van der Waals surface area contributed by atoms with E-state index in [2.05, 4.69) is 0 Å². The number of rotatable bonds is 3. The highest BCUT2D eigenvalue weighted by Gasteiger charge is 2.39. The number of benzene rings is 1. The Morgan fingerprint density at radius 3 is 2.31 bits per heavy atom. The number of amides is 1. The molecule has 0 heterocycles. The molecular weight excluding hydrogens is 219 g/mol. The van der Waals surface area contributed by atoms with Gasteiger partial charge in [0.1, 0.15) is 6.04 Å². The SMILES string of the molecule is CC(=O)N[C@H](Cc1ccccc1)C(F)(F)F. The van der Waals surface area contributed by atoms with Crippen LogP contribution in [0.15, 0.2) is 30.3 Å². The Morgan fingerprint density at radius 1 is 1.31 bits per heavy atom. The van der Waals surface area contributed by atoms with Crippen LogP contribution >= 0.6 is 0 Å². The normalized spacial score (nSPS) is 13.2. The highest BCUT2D eigenvalue weighted by atomic mass is 19.4. The fourth-order valence-electron chi connectivity index (χ4n) is 1.34. The Kier molecular flexibility index (Phi) is 3.93. The van der Waals surface area contributed by atoms with Gasteiger partial charge in [-0.05, 0) is 5.56 Å². The second-order valence-electron chi connectivity index (χ2n) is 3.48. The number of carbonyl (C=O) groups is 1. The molecule has 2 nitrogen and oxygen atoms in total. The van der Waals surface area contributed by atoms with Gasteiger partial charge in [-0.1, -0.05) is 30.3 Å². The van der Waals surface area contributed by atoms with E-state index in [1.165, 1.54) is 0 Å². The van der Waals surface area contributed by atoms with Crippen LogP contribution < -0.4 is 5.32 Å². The van der Waals surface area contributed by atoms with Crippen molar-refractivity contribution in [3.8, 4) is 0 Å². The molecule has 5 heteroatoms. The van der Waals surface area contributed by atoms with Gasteiger partial charge in [-0.25, -0.2) is 0 Å². The summed E-state index contributed by atoms with van der Waals surface area (Å²) in [6, 6.07) is 6.42. The molecule has 16 heavy (non-hydrogen) atoms. The molecule has 0 unspecified atom stereocenters. The van der Waals surface area contributed by atoms with Gasteiger partial charge < -0.3 is 5.32 Å². The second kappa shape index (κ2) is 5.01. The molecule has 1 aromatic carbocycles. The van der Waals surface area contributed by atoms with Gasteiger partial charge in [0, 0.05) is 13.3 Å². The lowest BCUT2D eigenvalue weighted by atomic mass is 10.1. The molecule has 1 amide bonds. The molecule has 1 aromatic rings. The Bertz CT molecular complexity index is 348. The molecule has 1 N–H and O–H groups in total. The number of nitrogens with one attached hydrogen (secondary N) is 1. The molecule has 0 radical (unpaired) electrons. The predicted molar refractivity (Wildman–Crippen MR) is 53.8 cm³/mol. The zero-order valence-electron chi connectivity index (χ0n) is 8.71. The first-order chi connectivity index (χ1) is 7.39. The Hall–Kier alpha value is -1.52. The molecular formula is C11H12F3NO. The van der Waals surface area contributed by atoms with Crippen molar-refractivity contribution in [2.75, 3.05) is 0 Å².